The highest BCUT2D eigenvalue weighted by molar-refractivity contribution is 4.84. The van der Waals surface area contributed by atoms with Crippen LogP contribution in [0.4, 0.5) is 0 Å². The Bertz CT molecular complexity index is 273. The Balaban J connectivity index is 1.79. The van der Waals surface area contributed by atoms with E-state index in [4.69, 9.17) is 0 Å². The van der Waals surface area contributed by atoms with Gasteiger partial charge in [-0.25, -0.2) is 0 Å². The molecule has 1 N–H and O–H groups in total. The van der Waals surface area contributed by atoms with Gasteiger partial charge >= 0.3 is 0 Å². The second kappa shape index (κ2) is 7.77. The first-order valence-electron chi connectivity index (χ1n) is 8.74. The first kappa shape index (κ1) is 16.3. The molecule has 0 aromatic heterocycles. The molecule has 0 aliphatic carbocycles. The summed E-state index contributed by atoms with van der Waals surface area (Å²) in [6.07, 6.45) is 5.56. The second-order valence-electron chi connectivity index (χ2n) is 7.42. The molecule has 2 heterocycles. The predicted octanol–water partition coefficient (Wildman–Crippen LogP) is 2.43. The molecule has 118 valence electrons. The lowest BCUT2D eigenvalue weighted by molar-refractivity contribution is 0.153. The van der Waals surface area contributed by atoms with Gasteiger partial charge in [0.1, 0.15) is 0 Å². The van der Waals surface area contributed by atoms with E-state index in [9.17, 15) is 0 Å². The standard InChI is InChI=1S/C17H35N3/c1-14(2)17(20-10-5-6-11-20)12-18-15(3)16-8-7-9-19(4)13-16/h14-18H,5-13H2,1-4H3. The van der Waals surface area contributed by atoms with Crippen LogP contribution in [0, 0.1) is 11.8 Å². The monoisotopic (exact) mass is 281 g/mol. The molecule has 2 saturated heterocycles. The Hall–Kier alpha value is -0.120. The molecule has 2 aliphatic heterocycles. The quantitative estimate of drug-likeness (QED) is 0.807. The van der Waals surface area contributed by atoms with Gasteiger partial charge in [-0.15, -0.1) is 0 Å². The fraction of sp³-hybridized carbons (Fsp3) is 1.00. The molecule has 0 bridgehead atoms. The summed E-state index contributed by atoms with van der Waals surface area (Å²) in [4.78, 5) is 5.20. The zero-order valence-corrected chi connectivity index (χ0v) is 14.1. The maximum Gasteiger partial charge on any atom is 0.0243 e. The number of likely N-dealkylation sites (tertiary alicyclic amines) is 2. The summed E-state index contributed by atoms with van der Waals surface area (Å²) >= 11 is 0. The van der Waals surface area contributed by atoms with Crippen LogP contribution in [-0.2, 0) is 0 Å². The second-order valence-corrected chi connectivity index (χ2v) is 7.42. The van der Waals surface area contributed by atoms with Gasteiger partial charge in [0, 0.05) is 25.2 Å². The number of hydrogen-bond acceptors (Lipinski definition) is 3. The fourth-order valence-corrected chi connectivity index (χ4v) is 3.95. The summed E-state index contributed by atoms with van der Waals surface area (Å²) in [5.74, 6) is 1.59. The van der Waals surface area contributed by atoms with Crippen LogP contribution in [0.3, 0.4) is 0 Å². The largest absolute Gasteiger partial charge is 0.312 e. The van der Waals surface area contributed by atoms with Crippen molar-refractivity contribution in [3.63, 3.8) is 0 Å². The molecule has 0 saturated carbocycles. The van der Waals surface area contributed by atoms with Crippen LogP contribution in [0.1, 0.15) is 46.5 Å². The van der Waals surface area contributed by atoms with Gasteiger partial charge in [0.15, 0.2) is 0 Å². The van der Waals surface area contributed by atoms with Crippen LogP contribution in [0.5, 0.6) is 0 Å². The van der Waals surface area contributed by atoms with Gasteiger partial charge in [-0.3, -0.25) is 4.90 Å². The number of nitrogens with zero attached hydrogens (tertiary/aromatic N) is 2. The van der Waals surface area contributed by atoms with E-state index in [1.54, 1.807) is 0 Å². The summed E-state index contributed by atoms with van der Waals surface area (Å²) < 4.78 is 0. The first-order valence-corrected chi connectivity index (χ1v) is 8.74. The molecule has 0 aromatic carbocycles. The van der Waals surface area contributed by atoms with Crippen molar-refractivity contribution in [3.05, 3.63) is 0 Å². The lowest BCUT2D eigenvalue weighted by Gasteiger charge is -2.36. The molecule has 20 heavy (non-hydrogen) atoms. The highest BCUT2D eigenvalue weighted by atomic mass is 15.2. The molecule has 0 aromatic rings. The Morgan fingerprint density at radius 1 is 1.05 bits per heavy atom. The van der Waals surface area contributed by atoms with Gasteiger partial charge in [0.25, 0.3) is 0 Å². The maximum absolute atomic E-state index is 3.86. The molecular formula is C17H35N3. The van der Waals surface area contributed by atoms with E-state index in [0.717, 1.165) is 17.9 Å². The van der Waals surface area contributed by atoms with E-state index < -0.39 is 0 Å². The zero-order valence-electron chi connectivity index (χ0n) is 14.1. The van der Waals surface area contributed by atoms with Crippen LogP contribution in [0.15, 0.2) is 0 Å². The van der Waals surface area contributed by atoms with Crippen molar-refractivity contribution < 1.29 is 0 Å². The van der Waals surface area contributed by atoms with Crippen molar-refractivity contribution in [1.82, 2.24) is 15.1 Å². The molecule has 0 amide bonds. The Kier molecular flexibility index (Phi) is 6.31. The fourth-order valence-electron chi connectivity index (χ4n) is 3.95. The van der Waals surface area contributed by atoms with E-state index in [-0.39, 0.29) is 0 Å². The first-order chi connectivity index (χ1) is 9.58. The van der Waals surface area contributed by atoms with Gasteiger partial charge in [0.2, 0.25) is 0 Å². The van der Waals surface area contributed by atoms with Gasteiger partial charge in [0.05, 0.1) is 0 Å². The third kappa shape index (κ3) is 4.44. The Morgan fingerprint density at radius 3 is 2.35 bits per heavy atom. The van der Waals surface area contributed by atoms with Crippen molar-refractivity contribution in [2.75, 3.05) is 39.8 Å². The smallest absolute Gasteiger partial charge is 0.0243 e. The molecule has 3 atom stereocenters. The number of rotatable bonds is 6. The van der Waals surface area contributed by atoms with E-state index in [1.165, 1.54) is 58.4 Å². The van der Waals surface area contributed by atoms with Crippen molar-refractivity contribution in [1.29, 1.82) is 0 Å². The molecule has 2 fully saturated rings. The van der Waals surface area contributed by atoms with Crippen molar-refractivity contribution in [3.8, 4) is 0 Å². The van der Waals surface area contributed by atoms with E-state index in [2.05, 4.69) is 42.9 Å². The molecule has 3 heteroatoms. The Morgan fingerprint density at radius 2 is 1.75 bits per heavy atom. The maximum atomic E-state index is 3.86. The molecule has 3 unspecified atom stereocenters. The SMILES string of the molecule is CC(C)C(CNC(C)C1CCCN(C)C1)N1CCCC1. The third-order valence-corrected chi connectivity index (χ3v) is 5.40. The minimum Gasteiger partial charge on any atom is -0.312 e. The van der Waals surface area contributed by atoms with Crippen LogP contribution in [-0.4, -0.2) is 61.7 Å². The highest BCUT2D eigenvalue weighted by Crippen LogP contribution is 2.20. The number of piperidine rings is 1. The minimum atomic E-state index is 0.654. The average molecular weight is 281 g/mol. The molecular weight excluding hydrogens is 246 g/mol. The third-order valence-electron chi connectivity index (χ3n) is 5.40. The summed E-state index contributed by atoms with van der Waals surface area (Å²) in [7, 11) is 2.26. The van der Waals surface area contributed by atoms with E-state index in [0.29, 0.717) is 6.04 Å². The summed E-state index contributed by atoms with van der Waals surface area (Å²) in [5.41, 5.74) is 0. The Labute approximate surface area is 126 Å². The van der Waals surface area contributed by atoms with E-state index in [1.807, 2.05) is 0 Å². The number of nitrogens with one attached hydrogen (secondary N) is 1. The van der Waals surface area contributed by atoms with Crippen molar-refractivity contribution >= 4 is 0 Å². The molecule has 2 rings (SSSR count). The van der Waals surface area contributed by atoms with Crippen LogP contribution < -0.4 is 5.32 Å². The average Bonchev–Trinajstić information content (AvgIpc) is 2.92. The predicted molar refractivity (Wildman–Crippen MR) is 87.1 cm³/mol. The van der Waals surface area contributed by atoms with Crippen LogP contribution in [0.25, 0.3) is 0 Å². The van der Waals surface area contributed by atoms with Crippen LogP contribution >= 0.6 is 0 Å². The van der Waals surface area contributed by atoms with Gasteiger partial charge in [-0.05, 0) is 71.1 Å². The highest BCUT2D eigenvalue weighted by Gasteiger charge is 2.27. The van der Waals surface area contributed by atoms with Gasteiger partial charge in [-0.2, -0.15) is 0 Å². The molecule has 2 aliphatic rings. The summed E-state index contributed by atoms with van der Waals surface area (Å²) in [5, 5.41) is 3.86. The zero-order chi connectivity index (χ0) is 14.5. The van der Waals surface area contributed by atoms with Gasteiger partial charge in [-0.1, -0.05) is 13.8 Å². The minimum absolute atomic E-state index is 0.654. The molecule has 3 nitrogen and oxygen atoms in total. The van der Waals surface area contributed by atoms with Crippen molar-refractivity contribution in [2.24, 2.45) is 11.8 Å². The summed E-state index contributed by atoms with van der Waals surface area (Å²) in [6, 6.07) is 1.38. The molecule has 0 spiro atoms. The lowest BCUT2D eigenvalue weighted by atomic mass is 9.91. The van der Waals surface area contributed by atoms with Crippen LogP contribution in [0.2, 0.25) is 0 Å². The normalized spacial score (nSPS) is 28.9. The van der Waals surface area contributed by atoms with Gasteiger partial charge < -0.3 is 10.2 Å². The lowest BCUT2D eigenvalue weighted by Crippen LogP contribution is -2.49. The van der Waals surface area contributed by atoms with Crippen molar-refractivity contribution in [2.45, 2.75) is 58.5 Å². The molecule has 0 radical (unpaired) electrons. The topological polar surface area (TPSA) is 18.5 Å². The summed E-state index contributed by atoms with van der Waals surface area (Å²) in [6.45, 7) is 13.5. The number of hydrogen-bond donors (Lipinski definition) is 1. The van der Waals surface area contributed by atoms with E-state index >= 15 is 0 Å².